The highest BCUT2D eigenvalue weighted by Gasteiger charge is 2.21. The van der Waals surface area contributed by atoms with Crippen molar-refractivity contribution in [2.24, 2.45) is 7.05 Å². The zero-order chi connectivity index (χ0) is 17.4. The van der Waals surface area contributed by atoms with Gasteiger partial charge < -0.3 is 4.52 Å². The molecule has 0 unspecified atom stereocenters. The lowest BCUT2D eigenvalue weighted by Gasteiger charge is -2.26. The number of hydrogen-bond donors (Lipinski definition) is 0. The van der Waals surface area contributed by atoms with E-state index < -0.39 is 0 Å². The average molecular weight is 341 g/mol. The van der Waals surface area contributed by atoms with Crippen LogP contribution in [0.4, 0.5) is 4.39 Å². The lowest BCUT2D eigenvalue weighted by molar-refractivity contribution is 0.207. The Morgan fingerprint density at radius 1 is 1.32 bits per heavy atom. The molecule has 4 rings (SSSR count). The smallest absolute Gasteiger partial charge is 0.266 e. The van der Waals surface area contributed by atoms with E-state index in [-0.39, 0.29) is 17.2 Å². The number of fused-ring (bicyclic) bond motifs is 1. The van der Waals surface area contributed by atoms with Gasteiger partial charge in [0.25, 0.3) is 5.56 Å². The van der Waals surface area contributed by atoms with Crippen LogP contribution in [0, 0.1) is 5.82 Å². The standard InChI is InChI=1S/C17H16FN5O2/c1-22-16(24)8-11-9-23(7-6-14(11)20-22)10-15-19-17(21-25-15)12-4-2-3-5-13(12)18/h2-5,8H,6-7,9-10H2,1H3. The second-order valence-corrected chi connectivity index (χ2v) is 6.03. The van der Waals surface area contributed by atoms with E-state index >= 15 is 0 Å². The van der Waals surface area contributed by atoms with E-state index in [4.69, 9.17) is 4.52 Å². The third kappa shape index (κ3) is 3.08. The normalized spacial score (nSPS) is 14.5. The number of rotatable bonds is 3. The second-order valence-electron chi connectivity index (χ2n) is 6.03. The minimum Gasteiger partial charge on any atom is -0.338 e. The van der Waals surface area contributed by atoms with Crippen LogP contribution in [0.15, 0.2) is 39.6 Å². The van der Waals surface area contributed by atoms with Crippen LogP contribution in [0.1, 0.15) is 17.1 Å². The summed E-state index contributed by atoms with van der Waals surface area (Å²) >= 11 is 0. The summed E-state index contributed by atoms with van der Waals surface area (Å²) in [6.07, 6.45) is 0.748. The average Bonchev–Trinajstić information content (AvgIpc) is 3.05. The molecule has 25 heavy (non-hydrogen) atoms. The van der Waals surface area contributed by atoms with Crippen molar-refractivity contribution in [3.05, 3.63) is 63.7 Å². The van der Waals surface area contributed by atoms with Crippen LogP contribution in [-0.2, 0) is 26.6 Å². The first-order chi connectivity index (χ1) is 12.1. The molecule has 3 heterocycles. The van der Waals surface area contributed by atoms with Crippen LogP contribution < -0.4 is 5.56 Å². The van der Waals surface area contributed by atoms with Crippen molar-refractivity contribution in [3.8, 4) is 11.4 Å². The fourth-order valence-electron chi connectivity index (χ4n) is 2.95. The van der Waals surface area contributed by atoms with Gasteiger partial charge in [0, 0.05) is 32.6 Å². The Balaban J connectivity index is 1.51. The maximum Gasteiger partial charge on any atom is 0.266 e. The maximum absolute atomic E-state index is 13.8. The molecule has 0 saturated heterocycles. The Bertz CT molecular complexity index is 981. The predicted molar refractivity (Wildman–Crippen MR) is 87.0 cm³/mol. The molecule has 1 aliphatic rings. The monoisotopic (exact) mass is 341 g/mol. The molecule has 0 radical (unpaired) electrons. The summed E-state index contributed by atoms with van der Waals surface area (Å²) in [6, 6.07) is 7.93. The molecule has 0 bridgehead atoms. The Morgan fingerprint density at radius 2 is 2.16 bits per heavy atom. The molecule has 0 aliphatic carbocycles. The number of nitrogens with zero attached hydrogens (tertiary/aromatic N) is 5. The van der Waals surface area contributed by atoms with Crippen molar-refractivity contribution in [3.63, 3.8) is 0 Å². The molecule has 7 nitrogen and oxygen atoms in total. The number of benzene rings is 1. The summed E-state index contributed by atoms with van der Waals surface area (Å²) in [5, 5.41) is 8.16. The van der Waals surface area contributed by atoms with E-state index in [1.165, 1.54) is 10.7 Å². The van der Waals surface area contributed by atoms with E-state index in [9.17, 15) is 9.18 Å². The van der Waals surface area contributed by atoms with Gasteiger partial charge in [0.1, 0.15) is 5.82 Å². The van der Waals surface area contributed by atoms with E-state index in [1.807, 2.05) is 0 Å². The van der Waals surface area contributed by atoms with Crippen LogP contribution in [0.3, 0.4) is 0 Å². The summed E-state index contributed by atoms with van der Waals surface area (Å²) in [5.74, 6) is 0.267. The molecule has 0 fully saturated rings. The lowest BCUT2D eigenvalue weighted by atomic mass is 10.1. The van der Waals surface area contributed by atoms with Crippen LogP contribution in [-0.4, -0.2) is 31.4 Å². The largest absolute Gasteiger partial charge is 0.338 e. The van der Waals surface area contributed by atoms with Crippen LogP contribution >= 0.6 is 0 Å². The highest BCUT2D eigenvalue weighted by atomic mass is 19.1. The van der Waals surface area contributed by atoms with Crippen molar-refractivity contribution in [2.45, 2.75) is 19.5 Å². The third-order valence-electron chi connectivity index (χ3n) is 4.26. The number of halogens is 1. The van der Waals surface area contributed by atoms with Crippen LogP contribution in [0.5, 0.6) is 0 Å². The fourth-order valence-corrected chi connectivity index (χ4v) is 2.95. The third-order valence-corrected chi connectivity index (χ3v) is 4.26. The molecule has 0 N–H and O–H groups in total. The van der Waals surface area contributed by atoms with E-state index in [0.29, 0.717) is 24.5 Å². The summed E-state index contributed by atoms with van der Waals surface area (Å²) in [4.78, 5) is 18.1. The van der Waals surface area contributed by atoms with Gasteiger partial charge in [0.05, 0.1) is 17.8 Å². The lowest BCUT2D eigenvalue weighted by Crippen LogP contribution is -2.34. The van der Waals surface area contributed by atoms with Gasteiger partial charge in [-0.3, -0.25) is 9.69 Å². The highest BCUT2D eigenvalue weighted by molar-refractivity contribution is 5.54. The molecule has 8 heteroatoms. The number of aromatic nitrogens is 4. The Kier molecular flexibility index (Phi) is 3.89. The van der Waals surface area contributed by atoms with E-state index in [0.717, 1.165) is 24.2 Å². The van der Waals surface area contributed by atoms with Gasteiger partial charge in [-0.2, -0.15) is 10.1 Å². The van der Waals surface area contributed by atoms with Crippen molar-refractivity contribution in [1.29, 1.82) is 0 Å². The molecule has 1 aliphatic heterocycles. The van der Waals surface area contributed by atoms with E-state index in [1.54, 1.807) is 31.3 Å². The molecule has 128 valence electrons. The van der Waals surface area contributed by atoms with Gasteiger partial charge in [0.15, 0.2) is 0 Å². The van der Waals surface area contributed by atoms with E-state index in [2.05, 4.69) is 20.1 Å². The number of aryl methyl sites for hydroxylation is 1. The summed E-state index contributed by atoms with van der Waals surface area (Å²) in [5.41, 5.74) is 2.05. The molecule has 1 aromatic carbocycles. The Labute approximate surface area is 142 Å². The zero-order valence-corrected chi connectivity index (χ0v) is 13.6. The van der Waals surface area contributed by atoms with Gasteiger partial charge in [0.2, 0.25) is 11.7 Å². The van der Waals surface area contributed by atoms with Gasteiger partial charge in [-0.05, 0) is 17.7 Å². The Morgan fingerprint density at radius 3 is 3.00 bits per heavy atom. The molecule has 0 saturated carbocycles. The van der Waals surface area contributed by atoms with Gasteiger partial charge in [-0.25, -0.2) is 9.07 Å². The second kappa shape index (κ2) is 6.21. The summed E-state index contributed by atoms with van der Waals surface area (Å²) in [6.45, 7) is 1.81. The molecule has 3 aromatic rings. The van der Waals surface area contributed by atoms with Crippen molar-refractivity contribution in [2.75, 3.05) is 6.54 Å². The van der Waals surface area contributed by atoms with Gasteiger partial charge in [-0.1, -0.05) is 17.3 Å². The molecular weight excluding hydrogens is 325 g/mol. The maximum atomic E-state index is 13.8. The zero-order valence-electron chi connectivity index (χ0n) is 13.6. The fraction of sp³-hybridized carbons (Fsp3) is 0.294. The molecule has 0 atom stereocenters. The first kappa shape index (κ1) is 15.6. The topological polar surface area (TPSA) is 77.1 Å². The summed E-state index contributed by atoms with van der Waals surface area (Å²) in [7, 11) is 1.65. The minimum atomic E-state index is -0.385. The first-order valence-electron chi connectivity index (χ1n) is 7.96. The molecule has 0 amide bonds. The first-order valence-corrected chi connectivity index (χ1v) is 7.96. The number of hydrogen-bond acceptors (Lipinski definition) is 6. The predicted octanol–water partition coefficient (Wildman–Crippen LogP) is 1.53. The molecule has 0 spiro atoms. The van der Waals surface area contributed by atoms with Crippen molar-refractivity contribution >= 4 is 0 Å². The van der Waals surface area contributed by atoms with Crippen LogP contribution in [0.2, 0.25) is 0 Å². The highest BCUT2D eigenvalue weighted by Crippen LogP contribution is 2.21. The van der Waals surface area contributed by atoms with Crippen molar-refractivity contribution < 1.29 is 8.91 Å². The van der Waals surface area contributed by atoms with Crippen LogP contribution in [0.25, 0.3) is 11.4 Å². The summed E-state index contributed by atoms with van der Waals surface area (Å²) < 4.78 is 20.4. The molecular formula is C17H16FN5O2. The van der Waals surface area contributed by atoms with Gasteiger partial charge in [-0.15, -0.1) is 0 Å². The Hall–Kier alpha value is -2.87. The minimum absolute atomic E-state index is 0.125. The quantitative estimate of drug-likeness (QED) is 0.719. The van der Waals surface area contributed by atoms with Gasteiger partial charge >= 0.3 is 0 Å². The molecule has 2 aromatic heterocycles. The SMILES string of the molecule is Cn1nc2c(cc1=O)CN(Cc1nc(-c3ccccc3F)no1)CC2. The van der Waals surface area contributed by atoms with Crippen molar-refractivity contribution in [1.82, 2.24) is 24.8 Å².